The Morgan fingerprint density at radius 2 is 1.56 bits per heavy atom. The molecule has 3 unspecified atom stereocenters. The highest BCUT2D eigenvalue weighted by molar-refractivity contribution is 7.91. The Morgan fingerprint density at radius 3 is 2.06 bits per heavy atom. The molecule has 1 heterocycles. The van der Waals surface area contributed by atoms with Crippen molar-refractivity contribution >= 4 is 33.6 Å². The van der Waals surface area contributed by atoms with Gasteiger partial charge >= 0.3 is 6.03 Å². The van der Waals surface area contributed by atoms with Crippen molar-refractivity contribution < 1.29 is 32.7 Å². The monoisotopic (exact) mass is 691 g/mol. The van der Waals surface area contributed by atoms with Gasteiger partial charge in [-0.05, 0) is 75.8 Å². The summed E-state index contributed by atoms with van der Waals surface area (Å²) >= 11 is 0. The fraction of sp³-hybridized carbons (Fsp3) is 0.714. The van der Waals surface area contributed by atoms with Gasteiger partial charge in [0.25, 0.3) is 5.91 Å². The molecule has 1 saturated carbocycles. The molecule has 5 amide bonds. The van der Waals surface area contributed by atoms with Crippen molar-refractivity contribution in [1.82, 2.24) is 26.2 Å². The lowest BCUT2D eigenvalue weighted by atomic mass is 9.79. The second kappa shape index (κ2) is 15.6. The third-order valence-corrected chi connectivity index (χ3v) is 10.9. The molecular formula is C35H57N5O7S. The van der Waals surface area contributed by atoms with Gasteiger partial charge in [0, 0.05) is 12.1 Å². The number of nitrogens with one attached hydrogen (secondary N) is 4. The second-order valence-electron chi connectivity index (χ2n) is 16.0. The Bertz CT molecular complexity index is 1410. The number of urea groups is 1. The van der Waals surface area contributed by atoms with E-state index in [1.54, 1.807) is 12.1 Å². The van der Waals surface area contributed by atoms with Gasteiger partial charge in [0.1, 0.15) is 18.0 Å². The summed E-state index contributed by atoms with van der Waals surface area (Å²) in [5, 5.41) is 22.1. The number of likely N-dealkylation sites (tertiary alicyclic amines) is 1. The Balaban J connectivity index is 1.82. The van der Waals surface area contributed by atoms with Crippen molar-refractivity contribution in [1.29, 1.82) is 0 Å². The van der Waals surface area contributed by atoms with Crippen molar-refractivity contribution in [3.8, 4) is 0 Å². The first kappa shape index (κ1) is 39.3. The van der Waals surface area contributed by atoms with Gasteiger partial charge in [0.05, 0.1) is 10.9 Å². The Labute approximate surface area is 286 Å². The van der Waals surface area contributed by atoms with Gasteiger partial charge in [-0.3, -0.25) is 14.4 Å². The number of hydrogen-bond acceptors (Lipinski definition) is 7. The molecule has 1 aromatic carbocycles. The minimum atomic E-state index is -3.87. The number of sulfone groups is 1. The maximum absolute atomic E-state index is 14.2. The summed E-state index contributed by atoms with van der Waals surface area (Å²) in [6, 6.07) is 2.94. The van der Waals surface area contributed by atoms with Crippen LogP contribution in [0.2, 0.25) is 0 Å². The summed E-state index contributed by atoms with van der Waals surface area (Å²) in [6.07, 6.45) is 1.97. The average molecular weight is 692 g/mol. The Hall–Kier alpha value is -3.19. The van der Waals surface area contributed by atoms with Gasteiger partial charge < -0.3 is 31.3 Å². The summed E-state index contributed by atoms with van der Waals surface area (Å²) in [7, 11) is -3.87. The van der Waals surface area contributed by atoms with Crippen LogP contribution in [0.5, 0.6) is 0 Å². The standard InChI is InChI=1S/C35H57N5O7S/c1-21(2)25-17-18-40(32(44)29(34(4,5)6)38-33(45)39-35(7,8)9)27(25)30(42)37-26(19-23-11-10-12-23)28(41)31(43)36-20-48(46,47)24-15-13-22(3)14-16-24/h13-16,21,23,25-29,41H,10-12,17-20H2,1-9H3,(H,36,43)(H,37,42)(H2,38,39,45)/t25?,26?,27-,28?,29+/m0/s1. The minimum absolute atomic E-state index is 0.0362. The quantitative estimate of drug-likeness (QED) is 0.224. The lowest BCUT2D eigenvalue weighted by Crippen LogP contribution is -2.62. The highest BCUT2D eigenvalue weighted by Crippen LogP contribution is 2.35. The number of rotatable bonds is 12. The first-order valence-electron chi connectivity index (χ1n) is 17.1. The fourth-order valence-corrected chi connectivity index (χ4v) is 7.37. The lowest BCUT2D eigenvalue weighted by molar-refractivity contribution is -0.144. The molecule has 3 rings (SSSR count). The van der Waals surface area contributed by atoms with Crippen LogP contribution in [0.3, 0.4) is 0 Å². The molecule has 1 aromatic rings. The number of nitrogens with zero attached hydrogens (tertiary/aromatic N) is 1. The number of carbonyl (C=O) groups excluding carboxylic acids is 4. The molecule has 0 aromatic heterocycles. The number of aryl methyl sites for hydroxylation is 1. The maximum atomic E-state index is 14.2. The zero-order valence-corrected chi connectivity index (χ0v) is 30.9. The maximum Gasteiger partial charge on any atom is 0.315 e. The van der Waals surface area contributed by atoms with Gasteiger partial charge in [-0.1, -0.05) is 71.6 Å². The first-order chi connectivity index (χ1) is 22.1. The van der Waals surface area contributed by atoms with Crippen LogP contribution in [-0.2, 0) is 24.2 Å². The molecule has 270 valence electrons. The predicted octanol–water partition coefficient (Wildman–Crippen LogP) is 3.26. The van der Waals surface area contributed by atoms with Crippen molar-refractivity contribution in [3.63, 3.8) is 0 Å². The molecule has 2 fully saturated rings. The van der Waals surface area contributed by atoms with Crippen LogP contribution < -0.4 is 21.3 Å². The van der Waals surface area contributed by atoms with Crippen molar-refractivity contribution in [2.75, 3.05) is 12.4 Å². The third kappa shape index (κ3) is 10.4. The molecule has 5 N–H and O–H groups in total. The molecule has 1 aliphatic carbocycles. The van der Waals surface area contributed by atoms with Gasteiger partial charge in [0.2, 0.25) is 11.8 Å². The van der Waals surface area contributed by atoms with E-state index in [0.717, 1.165) is 24.8 Å². The Morgan fingerprint density at radius 1 is 0.958 bits per heavy atom. The van der Waals surface area contributed by atoms with E-state index in [4.69, 9.17) is 0 Å². The van der Waals surface area contributed by atoms with E-state index in [9.17, 15) is 32.7 Å². The van der Waals surface area contributed by atoms with E-state index in [1.165, 1.54) is 17.0 Å². The number of carbonyl (C=O) groups is 4. The summed E-state index contributed by atoms with van der Waals surface area (Å²) in [5.41, 5.74) is -0.313. The number of amides is 5. The largest absolute Gasteiger partial charge is 0.381 e. The number of aliphatic hydroxyl groups is 1. The van der Waals surface area contributed by atoms with Crippen LogP contribution in [0.1, 0.15) is 93.1 Å². The molecule has 1 saturated heterocycles. The third-order valence-electron chi connectivity index (χ3n) is 9.34. The first-order valence-corrected chi connectivity index (χ1v) is 18.7. The zero-order chi connectivity index (χ0) is 36.2. The lowest BCUT2D eigenvalue weighted by Gasteiger charge is -2.38. The molecule has 12 nitrogen and oxygen atoms in total. The summed E-state index contributed by atoms with van der Waals surface area (Å²) in [5.74, 6) is -2.47. The van der Waals surface area contributed by atoms with Gasteiger partial charge in [-0.15, -0.1) is 0 Å². The molecule has 0 spiro atoms. The minimum Gasteiger partial charge on any atom is -0.381 e. The average Bonchev–Trinajstić information content (AvgIpc) is 3.40. The topological polar surface area (TPSA) is 174 Å². The summed E-state index contributed by atoms with van der Waals surface area (Å²) in [4.78, 5) is 56.0. The fourth-order valence-electron chi connectivity index (χ4n) is 6.32. The molecular weight excluding hydrogens is 634 g/mol. The molecule has 13 heteroatoms. The van der Waals surface area contributed by atoms with Crippen molar-refractivity contribution in [3.05, 3.63) is 29.8 Å². The van der Waals surface area contributed by atoms with Crippen molar-refractivity contribution in [2.24, 2.45) is 23.2 Å². The number of aliphatic hydroxyl groups excluding tert-OH is 1. The van der Waals surface area contributed by atoms with Gasteiger partial charge in [-0.2, -0.15) is 0 Å². The molecule has 0 bridgehead atoms. The van der Waals surface area contributed by atoms with Crippen molar-refractivity contribution in [2.45, 2.75) is 129 Å². The van der Waals surface area contributed by atoms with Gasteiger partial charge in [0.15, 0.2) is 15.9 Å². The van der Waals surface area contributed by atoms with Crippen LogP contribution >= 0.6 is 0 Å². The molecule has 2 aliphatic rings. The number of benzene rings is 1. The number of hydrogen-bond donors (Lipinski definition) is 5. The molecule has 48 heavy (non-hydrogen) atoms. The van der Waals surface area contributed by atoms with Crippen LogP contribution in [0.25, 0.3) is 0 Å². The Kier molecular flexibility index (Phi) is 12.7. The van der Waals surface area contributed by atoms with E-state index in [1.807, 2.05) is 62.3 Å². The summed E-state index contributed by atoms with van der Waals surface area (Å²) < 4.78 is 25.7. The highest BCUT2D eigenvalue weighted by atomic mass is 32.2. The van der Waals surface area contributed by atoms with Gasteiger partial charge in [-0.25, -0.2) is 13.2 Å². The van der Waals surface area contributed by atoms with Crippen LogP contribution in [-0.4, -0.2) is 84.4 Å². The molecule has 1 aliphatic heterocycles. The SMILES string of the molecule is Cc1ccc(S(=O)(=O)CNC(=O)C(O)C(CC2CCC2)NC(=O)[C@@H]2C(C(C)C)CCN2C(=O)[C@@H](NC(=O)NC(C)(C)C)C(C)(C)C)cc1. The molecule has 0 radical (unpaired) electrons. The zero-order valence-electron chi connectivity index (χ0n) is 30.1. The van der Waals surface area contributed by atoms with E-state index >= 15 is 0 Å². The second-order valence-corrected chi connectivity index (χ2v) is 18.0. The van der Waals surface area contributed by atoms with E-state index in [0.29, 0.717) is 19.4 Å². The summed E-state index contributed by atoms with van der Waals surface area (Å²) in [6.45, 7) is 17.2. The van der Waals surface area contributed by atoms with Crippen LogP contribution in [0.15, 0.2) is 29.2 Å². The van der Waals surface area contributed by atoms with E-state index < -0.39 is 68.7 Å². The molecule has 5 atom stereocenters. The normalized spacial score (nSPS) is 20.8. The highest BCUT2D eigenvalue weighted by Gasteiger charge is 2.48. The van der Waals surface area contributed by atoms with E-state index in [-0.39, 0.29) is 28.6 Å². The smallest absolute Gasteiger partial charge is 0.315 e. The van der Waals surface area contributed by atoms with Crippen LogP contribution in [0.4, 0.5) is 4.79 Å². The van der Waals surface area contributed by atoms with E-state index in [2.05, 4.69) is 21.3 Å². The predicted molar refractivity (Wildman–Crippen MR) is 184 cm³/mol. The van der Waals surface area contributed by atoms with Crippen LogP contribution in [0, 0.1) is 30.1 Å².